The minimum absolute atomic E-state index is 1.11. The van der Waals surface area contributed by atoms with Crippen LogP contribution in [0.5, 0.6) is 0 Å². The van der Waals surface area contributed by atoms with E-state index in [1.165, 1.54) is 25.1 Å². The van der Waals surface area contributed by atoms with Gasteiger partial charge in [-0.2, -0.15) is 0 Å². The van der Waals surface area contributed by atoms with Gasteiger partial charge < -0.3 is 10.6 Å². The highest BCUT2D eigenvalue weighted by Crippen LogP contribution is 1.96. The molecule has 0 bridgehead atoms. The maximum absolute atomic E-state index is 3.33. The highest BCUT2D eigenvalue weighted by molar-refractivity contribution is 5.02. The molecule has 0 aromatic carbocycles. The zero-order chi connectivity index (χ0) is 7.23. The van der Waals surface area contributed by atoms with E-state index in [0.717, 1.165) is 13.1 Å². The molecule has 0 radical (unpaired) electrons. The largest absolute Gasteiger partial charge is 0.372 e. The molecule has 2 N–H and O–H groups in total. The number of hydrogen-bond donors (Lipinski definition) is 2. The smallest absolute Gasteiger partial charge is 0.0946 e. The van der Waals surface area contributed by atoms with Gasteiger partial charge in [0.25, 0.3) is 0 Å². The quantitative estimate of drug-likeness (QED) is 0.573. The van der Waals surface area contributed by atoms with E-state index >= 15 is 0 Å². The summed E-state index contributed by atoms with van der Waals surface area (Å²) >= 11 is 0. The molecule has 0 saturated heterocycles. The van der Waals surface area contributed by atoms with Crippen molar-refractivity contribution in [2.75, 3.05) is 13.1 Å². The van der Waals surface area contributed by atoms with Gasteiger partial charge in [0.2, 0.25) is 0 Å². The fourth-order valence-electron chi connectivity index (χ4n) is 1.03. The summed E-state index contributed by atoms with van der Waals surface area (Å²) in [7, 11) is 0. The molecule has 0 aromatic heterocycles. The van der Waals surface area contributed by atoms with Gasteiger partial charge in [-0.15, -0.1) is 0 Å². The van der Waals surface area contributed by atoms with Gasteiger partial charge in [-0.1, -0.05) is 13.3 Å². The van der Waals surface area contributed by atoms with E-state index in [2.05, 4.69) is 23.6 Å². The molecule has 1 aliphatic heterocycles. The van der Waals surface area contributed by atoms with Crippen LogP contribution in [0.4, 0.5) is 0 Å². The Morgan fingerprint density at radius 3 is 3.20 bits per heavy atom. The predicted octanol–water partition coefficient (Wildman–Crippen LogP) is 1.21. The van der Waals surface area contributed by atoms with Crippen LogP contribution in [0.15, 0.2) is 11.9 Å². The molecule has 0 amide bonds. The Labute approximate surface area is 62.7 Å². The molecule has 0 aromatic rings. The van der Waals surface area contributed by atoms with Crippen LogP contribution in [0, 0.1) is 0 Å². The van der Waals surface area contributed by atoms with Gasteiger partial charge in [0.05, 0.1) is 5.82 Å². The predicted molar refractivity (Wildman–Crippen MR) is 43.6 cm³/mol. The monoisotopic (exact) mass is 140 g/mol. The molecule has 0 aliphatic carbocycles. The highest BCUT2D eigenvalue weighted by Gasteiger charge is 1.99. The average molecular weight is 140 g/mol. The van der Waals surface area contributed by atoms with Crippen molar-refractivity contribution in [3.05, 3.63) is 11.9 Å². The third-order valence-corrected chi connectivity index (χ3v) is 1.65. The minimum Gasteiger partial charge on any atom is -0.372 e. The first kappa shape index (κ1) is 7.45. The summed E-state index contributed by atoms with van der Waals surface area (Å²) in [4.78, 5) is 0. The van der Waals surface area contributed by atoms with Crippen molar-refractivity contribution < 1.29 is 0 Å². The SMILES string of the molecule is CCCCNC1=CCCN1. The second kappa shape index (κ2) is 4.20. The third kappa shape index (κ3) is 2.29. The van der Waals surface area contributed by atoms with Gasteiger partial charge in [-0.05, 0) is 18.9 Å². The fourth-order valence-corrected chi connectivity index (χ4v) is 1.03. The summed E-state index contributed by atoms with van der Waals surface area (Å²) in [5.41, 5.74) is 0. The lowest BCUT2D eigenvalue weighted by Crippen LogP contribution is -2.23. The van der Waals surface area contributed by atoms with Crippen LogP contribution in [-0.4, -0.2) is 13.1 Å². The van der Waals surface area contributed by atoms with Gasteiger partial charge in [0.15, 0.2) is 0 Å². The molecule has 0 atom stereocenters. The Balaban J connectivity index is 2.01. The molecule has 0 unspecified atom stereocenters. The van der Waals surface area contributed by atoms with E-state index in [1.807, 2.05) is 0 Å². The van der Waals surface area contributed by atoms with Crippen LogP contribution in [-0.2, 0) is 0 Å². The van der Waals surface area contributed by atoms with Crippen molar-refractivity contribution in [1.82, 2.24) is 10.6 Å². The van der Waals surface area contributed by atoms with Gasteiger partial charge in [-0.3, -0.25) is 0 Å². The first-order chi connectivity index (χ1) is 4.93. The lowest BCUT2D eigenvalue weighted by Gasteiger charge is -2.06. The van der Waals surface area contributed by atoms with E-state index in [0.29, 0.717) is 0 Å². The maximum Gasteiger partial charge on any atom is 0.0946 e. The van der Waals surface area contributed by atoms with E-state index in [9.17, 15) is 0 Å². The molecule has 58 valence electrons. The van der Waals surface area contributed by atoms with Gasteiger partial charge >= 0.3 is 0 Å². The van der Waals surface area contributed by atoms with E-state index < -0.39 is 0 Å². The highest BCUT2D eigenvalue weighted by atomic mass is 15.1. The van der Waals surface area contributed by atoms with Crippen molar-refractivity contribution in [3.63, 3.8) is 0 Å². The van der Waals surface area contributed by atoms with E-state index in [4.69, 9.17) is 0 Å². The van der Waals surface area contributed by atoms with Gasteiger partial charge in [0, 0.05) is 13.1 Å². The summed E-state index contributed by atoms with van der Waals surface area (Å²) in [6, 6.07) is 0. The summed E-state index contributed by atoms with van der Waals surface area (Å²) in [6.45, 7) is 4.42. The molecule has 1 rings (SSSR count). The second-order valence-corrected chi connectivity index (χ2v) is 2.61. The summed E-state index contributed by atoms with van der Waals surface area (Å²) in [6.07, 6.45) is 5.92. The molecule has 2 heteroatoms. The van der Waals surface area contributed by atoms with Crippen LogP contribution in [0.2, 0.25) is 0 Å². The van der Waals surface area contributed by atoms with Crippen molar-refractivity contribution in [2.24, 2.45) is 0 Å². The molecule has 0 saturated carbocycles. The molecular weight excluding hydrogens is 124 g/mol. The van der Waals surface area contributed by atoms with Gasteiger partial charge in [0.1, 0.15) is 0 Å². The van der Waals surface area contributed by atoms with Crippen molar-refractivity contribution >= 4 is 0 Å². The Morgan fingerprint density at radius 2 is 2.60 bits per heavy atom. The number of nitrogens with one attached hydrogen (secondary N) is 2. The van der Waals surface area contributed by atoms with Crippen LogP contribution < -0.4 is 10.6 Å². The molecular formula is C8H16N2. The number of rotatable bonds is 4. The van der Waals surface area contributed by atoms with Crippen LogP contribution in [0.25, 0.3) is 0 Å². The van der Waals surface area contributed by atoms with Crippen molar-refractivity contribution in [2.45, 2.75) is 26.2 Å². The van der Waals surface area contributed by atoms with E-state index in [-0.39, 0.29) is 0 Å². The molecule has 1 aliphatic rings. The van der Waals surface area contributed by atoms with Crippen molar-refractivity contribution in [3.8, 4) is 0 Å². The topological polar surface area (TPSA) is 24.1 Å². The van der Waals surface area contributed by atoms with Crippen LogP contribution in [0.1, 0.15) is 26.2 Å². The van der Waals surface area contributed by atoms with E-state index in [1.54, 1.807) is 0 Å². The Morgan fingerprint density at radius 1 is 1.70 bits per heavy atom. The molecule has 0 fully saturated rings. The summed E-state index contributed by atoms with van der Waals surface area (Å²) in [5, 5.41) is 6.60. The molecule has 1 heterocycles. The maximum atomic E-state index is 3.33. The Bertz CT molecular complexity index is 118. The van der Waals surface area contributed by atoms with Crippen LogP contribution in [0.3, 0.4) is 0 Å². The first-order valence-corrected chi connectivity index (χ1v) is 4.11. The average Bonchev–Trinajstić information content (AvgIpc) is 2.41. The number of hydrogen-bond acceptors (Lipinski definition) is 2. The van der Waals surface area contributed by atoms with Gasteiger partial charge in [-0.25, -0.2) is 0 Å². The summed E-state index contributed by atoms with van der Waals surface area (Å²) < 4.78 is 0. The van der Waals surface area contributed by atoms with Crippen LogP contribution >= 0.6 is 0 Å². The molecule has 2 nitrogen and oxygen atoms in total. The summed E-state index contributed by atoms with van der Waals surface area (Å²) in [5.74, 6) is 1.23. The Kier molecular flexibility index (Phi) is 3.13. The fraction of sp³-hybridized carbons (Fsp3) is 0.750. The minimum atomic E-state index is 1.11. The lowest BCUT2D eigenvalue weighted by atomic mass is 10.3. The normalized spacial score (nSPS) is 16.3. The number of unbranched alkanes of at least 4 members (excludes halogenated alkanes) is 1. The molecule has 0 spiro atoms. The standard InChI is InChI=1S/C8H16N2/c1-2-3-6-9-8-5-4-7-10-8/h5,9-10H,2-4,6-7H2,1H3. The Hall–Kier alpha value is -0.660. The third-order valence-electron chi connectivity index (χ3n) is 1.65. The lowest BCUT2D eigenvalue weighted by molar-refractivity contribution is 0.673. The van der Waals surface area contributed by atoms with Crippen molar-refractivity contribution in [1.29, 1.82) is 0 Å². The zero-order valence-corrected chi connectivity index (χ0v) is 6.61. The first-order valence-electron chi connectivity index (χ1n) is 4.11. The molecule has 10 heavy (non-hydrogen) atoms. The second-order valence-electron chi connectivity index (χ2n) is 2.61. The zero-order valence-electron chi connectivity index (χ0n) is 6.61.